The summed E-state index contributed by atoms with van der Waals surface area (Å²) < 4.78 is 14.2. The van der Waals surface area contributed by atoms with Gasteiger partial charge in [-0.1, -0.05) is 18.2 Å². The molecule has 1 atom stereocenters. The minimum absolute atomic E-state index is 0.00416. The highest BCUT2D eigenvalue weighted by molar-refractivity contribution is 5.91. The molecule has 1 aliphatic carbocycles. The summed E-state index contributed by atoms with van der Waals surface area (Å²) in [5, 5.41) is 3.14. The first kappa shape index (κ1) is 17.8. The Labute approximate surface area is 168 Å². The lowest BCUT2D eigenvalue weighted by atomic mass is 9.94. The van der Waals surface area contributed by atoms with Crippen LogP contribution in [0, 0.1) is 5.82 Å². The maximum absolute atomic E-state index is 14.2. The van der Waals surface area contributed by atoms with Crippen molar-refractivity contribution < 1.29 is 9.18 Å². The van der Waals surface area contributed by atoms with Crippen LogP contribution < -0.4 is 10.2 Å². The number of aromatic amines is 1. The molecule has 3 heterocycles. The Morgan fingerprint density at radius 1 is 1.21 bits per heavy atom. The number of halogens is 1. The largest absolute Gasteiger partial charge is 0.360 e. The van der Waals surface area contributed by atoms with Crippen LogP contribution in [0.4, 0.5) is 10.3 Å². The molecule has 29 heavy (non-hydrogen) atoms. The number of rotatable bonds is 5. The lowest BCUT2D eigenvalue weighted by Crippen LogP contribution is -2.43. The van der Waals surface area contributed by atoms with E-state index in [1.165, 1.54) is 6.07 Å². The standard InChI is InChI=1S/C22H22FN5O/c23-17-5-2-1-4-16(17)22(9-10-22)20(29)26-15-8-13-28(14-15)21-25-12-7-19(27-21)18-6-3-11-24-18/h1-7,11-12,15,24H,8-10,13-14H2,(H,26,29). The molecule has 5 rings (SSSR count). The predicted octanol–water partition coefficient (Wildman–Crippen LogP) is 3.04. The van der Waals surface area contributed by atoms with Crippen LogP contribution in [-0.2, 0) is 10.2 Å². The number of hydrogen-bond acceptors (Lipinski definition) is 4. The normalized spacial score (nSPS) is 19.9. The maximum atomic E-state index is 14.2. The third kappa shape index (κ3) is 3.26. The van der Waals surface area contributed by atoms with E-state index in [0.717, 1.165) is 24.4 Å². The van der Waals surface area contributed by atoms with Crippen LogP contribution in [0.3, 0.4) is 0 Å². The van der Waals surface area contributed by atoms with Gasteiger partial charge in [-0.3, -0.25) is 4.79 Å². The summed E-state index contributed by atoms with van der Waals surface area (Å²) in [5.41, 5.74) is 1.58. The van der Waals surface area contributed by atoms with Gasteiger partial charge < -0.3 is 15.2 Å². The van der Waals surface area contributed by atoms with E-state index in [1.54, 1.807) is 24.4 Å². The second-order valence-corrected chi connectivity index (χ2v) is 7.79. The van der Waals surface area contributed by atoms with Gasteiger partial charge in [0.2, 0.25) is 11.9 Å². The monoisotopic (exact) mass is 391 g/mol. The number of anilines is 1. The van der Waals surface area contributed by atoms with Crippen LogP contribution in [0.5, 0.6) is 0 Å². The maximum Gasteiger partial charge on any atom is 0.231 e. The van der Waals surface area contributed by atoms with Gasteiger partial charge in [0.15, 0.2) is 0 Å². The first-order chi connectivity index (χ1) is 14.2. The Hall–Kier alpha value is -3.22. The number of amides is 1. The lowest BCUT2D eigenvalue weighted by molar-refractivity contribution is -0.124. The number of benzene rings is 1. The van der Waals surface area contributed by atoms with E-state index in [1.807, 2.05) is 24.4 Å². The Bertz CT molecular complexity index is 1030. The van der Waals surface area contributed by atoms with Gasteiger partial charge in [-0.2, -0.15) is 0 Å². The molecule has 1 aliphatic heterocycles. The summed E-state index contributed by atoms with van der Waals surface area (Å²) in [6, 6.07) is 12.4. The molecule has 1 unspecified atom stereocenters. The average molecular weight is 391 g/mol. The zero-order valence-electron chi connectivity index (χ0n) is 15.9. The molecule has 2 fully saturated rings. The van der Waals surface area contributed by atoms with Crippen LogP contribution in [0.2, 0.25) is 0 Å². The number of nitrogens with zero attached hydrogens (tertiary/aromatic N) is 3. The SMILES string of the molecule is O=C(NC1CCN(c2nccc(-c3ccc[nH]3)n2)C1)C1(c2ccccc2F)CC1. The summed E-state index contributed by atoms with van der Waals surface area (Å²) in [7, 11) is 0. The molecule has 1 saturated heterocycles. The van der Waals surface area contributed by atoms with Crippen LogP contribution in [-0.4, -0.2) is 40.0 Å². The molecule has 0 spiro atoms. The fraction of sp³-hybridized carbons (Fsp3) is 0.318. The fourth-order valence-electron chi connectivity index (χ4n) is 4.12. The zero-order valence-corrected chi connectivity index (χ0v) is 15.9. The first-order valence-electron chi connectivity index (χ1n) is 9.93. The molecule has 2 aliphatic rings. The summed E-state index contributed by atoms with van der Waals surface area (Å²) in [6.45, 7) is 1.42. The molecule has 1 saturated carbocycles. The highest BCUT2D eigenvalue weighted by Crippen LogP contribution is 2.49. The number of carbonyl (C=O) groups excluding carboxylic acids is 1. The third-order valence-corrected chi connectivity index (χ3v) is 5.90. The molecule has 2 N–H and O–H groups in total. The van der Waals surface area contributed by atoms with Gasteiger partial charge in [0.05, 0.1) is 16.8 Å². The molecule has 3 aromatic rings. The van der Waals surface area contributed by atoms with E-state index in [0.29, 0.717) is 30.9 Å². The first-order valence-corrected chi connectivity index (χ1v) is 9.93. The van der Waals surface area contributed by atoms with Gasteiger partial charge in [-0.05, 0) is 43.5 Å². The molecule has 0 radical (unpaired) electrons. The van der Waals surface area contributed by atoms with E-state index in [-0.39, 0.29) is 17.8 Å². The molecule has 1 amide bonds. The molecule has 148 valence electrons. The van der Waals surface area contributed by atoms with Crippen molar-refractivity contribution in [2.75, 3.05) is 18.0 Å². The van der Waals surface area contributed by atoms with Crippen LogP contribution in [0.25, 0.3) is 11.4 Å². The molecular weight excluding hydrogens is 369 g/mol. The van der Waals surface area contributed by atoms with E-state index < -0.39 is 5.41 Å². The summed E-state index contributed by atoms with van der Waals surface area (Å²) in [6.07, 6.45) is 5.81. The zero-order chi connectivity index (χ0) is 19.8. The van der Waals surface area contributed by atoms with Crippen molar-refractivity contribution in [1.82, 2.24) is 20.3 Å². The molecule has 7 heteroatoms. The van der Waals surface area contributed by atoms with Crippen LogP contribution >= 0.6 is 0 Å². The van der Waals surface area contributed by atoms with Crippen molar-refractivity contribution in [1.29, 1.82) is 0 Å². The molecule has 2 aromatic heterocycles. The van der Waals surface area contributed by atoms with Crippen LogP contribution in [0.15, 0.2) is 54.9 Å². The predicted molar refractivity (Wildman–Crippen MR) is 108 cm³/mol. The molecule has 6 nitrogen and oxygen atoms in total. The molecule has 1 aromatic carbocycles. The van der Waals surface area contributed by atoms with Gasteiger partial charge >= 0.3 is 0 Å². The van der Waals surface area contributed by atoms with Gasteiger partial charge in [0.25, 0.3) is 0 Å². The number of H-pyrrole nitrogens is 1. The topological polar surface area (TPSA) is 73.9 Å². The van der Waals surface area contributed by atoms with Crippen molar-refractivity contribution >= 4 is 11.9 Å². The Morgan fingerprint density at radius 3 is 2.83 bits per heavy atom. The summed E-state index contributed by atoms with van der Waals surface area (Å²) in [4.78, 5) is 27.2. The van der Waals surface area contributed by atoms with Crippen molar-refractivity contribution in [2.24, 2.45) is 0 Å². The van der Waals surface area contributed by atoms with E-state index in [9.17, 15) is 9.18 Å². The number of carbonyl (C=O) groups is 1. The van der Waals surface area contributed by atoms with Gasteiger partial charge in [0.1, 0.15) is 5.82 Å². The fourth-order valence-corrected chi connectivity index (χ4v) is 4.12. The number of nitrogens with one attached hydrogen (secondary N) is 2. The average Bonchev–Trinajstić information content (AvgIpc) is 3.15. The number of aromatic nitrogens is 3. The van der Waals surface area contributed by atoms with Crippen LogP contribution in [0.1, 0.15) is 24.8 Å². The second kappa shape index (κ2) is 6.99. The van der Waals surface area contributed by atoms with E-state index >= 15 is 0 Å². The molecular formula is C22H22FN5O. The van der Waals surface area contributed by atoms with Crippen molar-refractivity contribution in [2.45, 2.75) is 30.7 Å². The van der Waals surface area contributed by atoms with Crippen molar-refractivity contribution in [3.63, 3.8) is 0 Å². The molecule has 0 bridgehead atoms. The highest BCUT2D eigenvalue weighted by Gasteiger charge is 2.53. The van der Waals surface area contributed by atoms with E-state index in [4.69, 9.17) is 0 Å². The van der Waals surface area contributed by atoms with Gasteiger partial charge in [-0.25, -0.2) is 14.4 Å². The number of hydrogen-bond donors (Lipinski definition) is 2. The summed E-state index contributed by atoms with van der Waals surface area (Å²) in [5.74, 6) is 0.280. The minimum atomic E-state index is -0.706. The third-order valence-electron chi connectivity index (χ3n) is 5.90. The Kier molecular flexibility index (Phi) is 4.30. The van der Waals surface area contributed by atoms with Gasteiger partial charge in [0, 0.05) is 37.1 Å². The Morgan fingerprint density at radius 2 is 2.07 bits per heavy atom. The minimum Gasteiger partial charge on any atom is -0.360 e. The quantitative estimate of drug-likeness (QED) is 0.701. The Balaban J connectivity index is 1.27. The van der Waals surface area contributed by atoms with Crippen molar-refractivity contribution in [3.8, 4) is 11.4 Å². The lowest BCUT2D eigenvalue weighted by Gasteiger charge is -2.21. The highest BCUT2D eigenvalue weighted by atomic mass is 19.1. The summed E-state index contributed by atoms with van der Waals surface area (Å²) >= 11 is 0. The second-order valence-electron chi connectivity index (χ2n) is 7.79. The van der Waals surface area contributed by atoms with E-state index in [2.05, 4.69) is 25.2 Å². The van der Waals surface area contributed by atoms with Gasteiger partial charge in [-0.15, -0.1) is 0 Å². The smallest absolute Gasteiger partial charge is 0.231 e. The van der Waals surface area contributed by atoms with Crippen molar-refractivity contribution in [3.05, 3.63) is 66.2 Å².